The maximum atomic E-state index is 12.8. The maximum absolute atomic E-state index is 12.8. The molecule has 1 aromatic carbocycles. The standard InChI is InChI=1S/C18H24N2O2S/c1-18(2,3)23(22)19-15-10-9-14-12-20(17(21)16(14)15)11-13-7-5-4-6-8-13/h4-8,14,16H,9-12H2,1-3H3/b19-15+/t14-,16+,23+/m1/s1. The molecule has 2 fully saturated rings. The number of carbonyl (C=O) groups excluding carboxylic acids is 1. The van der Waals surface area contributed by atoms with Gasteiger partial charge < -0.3 is 9.45 Å². The molecule has 23 heavy (non-hydrogen) atoms. The lowest BCUT2D eigenvalue weighted by Gasteiger charge is -2.20. The van der Waals surface area contributed by atoms with Crippen LogP contribution >= 0.6 is 0 Å². The molecule has 0 aromatic heterocycles. The Kier molecular flexibility index (Phi) is 4.52. The molecule has 3 rings (SSSR count). The zero-order chi connectivity index (χ0) is 16.6. The summed E-state index contributed by atoms with van der Waals surface area (Å²) in [6.45, 7) is 7.19. The summed E-state index contributed by atoms with van der Waals surface area (Å²) in [7, 11) is 0. The van der Waals surface area contributed by atoms with E-state index < -0.39 is 11.4 Å². The summed E-state index contributed by atoms with van der Waals surface area (Å²) in [4.78, 5) is 14.7. The molecule has 1 saturated heterocycles. The molecular formula is C18H24N2O2S. The second-order valence-electron chi connectivity index (χ2n) is 7.42. The number of fused-ring (bicyclic) bond motifs is 1. The van der Waals surface area contributed by atoms with Crippen LogP contribution in [-0.4, -0.2) is 32.4 Å². The quantitative estimate of drug-likeness (QED) is 0.799. The Morgan fingerprint density at radius 2 is 2.00 bits per heavy atom. The molecule has 1 saturated carbocycles. The predicted molar refractivity (Wildman–Crippen MR) is 93.4 cm³/mol. The zero-order valence-corrected chi connectivity index (χ0v) is 14.8. The van der Waals surface area contributed by atoms with Crippen LogP contribution in [-0.2, 0) is 22.7 Å². The highest BCUT2D eigenvalue weighted by Gasteiger charge is 2.48. The molecule has 4 nitrogen and oxygen atoms in total. The van der Waals surface area contributed by atoms with Gasteiger partial charge in [-0.05, 0) is 45.1 Å². The number of amides is 1. The summed E-state index contributed by atoms with van der Waals surface area (Å²) < 4.78 is 16.3. The molecule has 0 spiro atoms. The van der Waals surface area contributed by atoms with Gasteiger partial charge in [-0.1, -0.05) is 34.7 Å². The van der Waals surface area contributed by atoms with Crippen LogP contribution in [0.4, 0.5) is 0 Å². The van der Waals surface area contributed by atoms with Crippen molar-refractivity contribution in [1.82, 2.24) is 4.90 Å². The van der Waals surface area contributed by atoms with Gasteiger partial charge in [-0.25, -0.2) is 0 Å². The van der Waals surface area contributed by atoms with Gasteiger partial charge in [0.15, 0.2) is 0 Å². The molecule has 3 atom stereocenters. The van der Waals surface area contributed by atoms with Crippen LogP contribution in [0.25, 0.3) is 0 Å². The smallest absolute Gasteiger partial charge is 0.232 e. The van der Waals surface area contributed by atoms with Gasteiger partial charge in [-0.15, -0.1) is 0 Å². The van der Waals surface area contributed by atoms with Crippen LogP contribution in [0.2, 0.25) is 0 Å². The number of benzene rings is 1. The lowest BCUT2D eigenvalue weighted by molar-refractivity contribution is -0.129. The molecule has 1 aliphatic carbocycles. The third-order valence-electron chi connectivity index (χ3n) is 4.57. The van der Waals surface area contributed by atoms with Crippen molar-refractivity contribution in [3.05, 3.63) is 35.9 Å². The minimum absolute atomic E-state index is 0.148. The molecule has 1 aliphatic heterocycles. The van der Waals surface area contributed by atoms with Gasteiger partial charge in [-0.2, -0.15) is 0 Å². The van der Waals surface area contributed by atoms with Crippen molar-refractivity contribution in [3.63, 3.8) is 0 Å². The summed E-state index contributed by atoms with van der Waals surface area (Å²) in [6, 6.07) is 10.1. The highest BCUT2D eigenvalue weighted by atomic mass is 32.2. The summed E-state index contributed by atoms with van der Waals surface area (Å²) in [6.07, 6.45) is 1.78. The van der Waals surface area contributed by atoms with Crippen LogP contribution in [0.15, 0.2) is 34.7 Å². The number of carbonyl (C=O) groups is 1. The van der Waals surface area contributed by atoms with E-state index in [4.69, 9.17) is 0 Å². The van der Waals surface area contributed by atoms with Crippen molar-refractivity contribution < 1.29 is 9.35 Å². The molecule has 0 unspecified atom stereocenters. The number of nitrogens with zero attached hydrogens (tertiary/aromatic N) is 2. The van der Waals surface area contributed by atoms with Crippen molar-refractivity contribution in [2.45, 2.75) is 44.9 Å². The van der Waals surface area contributed by atoms with Crippen molar-refractivity contribution in [2.24, 2.45) is 16.2 Å². The average molecular weight is 332 g/mol. The molecule has 5 heteroatoms. The highest BCUT2D eigenvalue weighted by molar-refractivity contribution is 7.91. The van der Waals surface area contributed by atoms with Crippen LogP contribution < -0.4 is 0 Å². The topological polar surface area (TPSA) is 55.7 Å². The normalized spacial score (nSPS) is 27.6. The van der Waals surface area contributed by atoms with E-state index in [-0.39, 0.29) is 16.6 Å². The van der Waals surface area contributed by atoms with E-state index >= 15 is 0 Å². The first-order chi connectivity index (χ1) is 10.9. The van der Waals surface area contributed by atoms with E-state index in [0.29, 0.717) is 12.5 Å². The minimum Gasteiger partial charge on any atom is -0.591 e. The Bertz CT molecular complexity index is 609. The Hall–Kier alpha value is -1.33. The summed E-state index contributed by atoms with van der Waals surface area (Å²) in [5.41, 5.74) is 2.00. The molecule has 1 aromatic rings. The third kappa shape index (κ3) is 3.45. The first kappa shape index (κ1) is 16.5. The van der Waals surface area contributed by atoms with E-state index in [1.807, 2.05) is 56.0 Å². The average Bonchev–Trinajstić information content (AvgIpc) is 3.01. The molecule has 124 valence electrons. The number of likely N-dealkylation sites (tertiary alicyclic amines) is 1. The van der Waals surface area contributed by atoms with Crippen LogP contribution in [0, 0.1) is 11.8 Å². The zero-order valence-electron chi connectivity index (χ0n) is 14.0. The molecule has 2 aliphatic rings. The van der Waals surface area contributed by atoms with Gasteiger partial charge in [-0.3, -0.25) is 4.79 Å². The second-order valence-corrected chi connectivity index (χ2v) is 9.33. The summed E-state index contributed by atoms with van der Waals surface area (Å²) in [5, 5.41) is 0. The fourth-order valence-corrected chi connectivity index (χ4v) is 4.02. The molecule has 0 N–H and O–H groups in total. The SMILES string of the molecule is CC(C)(C)[S@+]([O-])/N=C1\CC[C@@H]2CN(Cc3ccccc3)C(=O)[C@H]12. The number of hydrogen-bond acceptors (Lipinski definition) is 3. The number of rotatable bonds is 3. The van der Waals surface area contributed by atoms with Gasteiger partial charge >= 0.3 is 0 Å². The first-order valence-electron chi connectivity index (χ1n) is 8.18. The van der Waals surface area contributed by atoms with Gasteiger partial charge in [0.1, 0.15) is 16.1 Å². The van der Waals surface area contributed by atoms with Crippen LogP contribution in [0.1, 0.15) is 39.2 Å². The predicted octanol–water partition coefficient (Wildman–Crippen LogP) is 2.96. The highest BCUT2D eigenvalue weighted by Crippen LogP contribution is 2.38. The number of hydrogen-bond donors (Lipinski definition) is 0. The first-order valence-corrected chi connectivity index (χ1v) is 9.29. The van der Waals surface area contributed by atoms with Crippen LogP contribution in [0.3, 0.4) is 0 Å². The van der Waals surface area contributed by atoms with Gasteiger partial charge in [0.05, 0.1) is 11.6 Å². The van der Waals surface area contributed by atoms with Gasteiger partial charge in [0.25, 0.3) is 0 Å². The molecule has 1 amide bonds. The fraction of sp³-hybridized carbons (Fsp3) is 0.556. The molecular weight excluding hydrogens is 308 g/mol. The second kappa shape index (κ2) is 6.29. The Labute approximate surface area is 141 Å². The Morgan fingerprint density at radius 1 is 1.30 bits per heavy atom. The largest absolute Gasteiger partial charge is 0.591 e. The maximum Gasteiger partial charge on any atom is 0.232 e. The van der Waals surface area contributed by atoms with E-state index in [1.165, 1.54) is 0 Å². The van der Waals surface area contributed by atoms with Crippen LogP contribution in [0.5, 0.6) is 0 Å². The van der Waals surface area contributed by atoms with Crippen molar-refractivity contribution >= 4 is 23.0 Å². The summed E-state index contributed by atoms with van der Waals surface area (Å²) in [5.74, 6) is 0.341. The summed E-state index contributed by atoms with van der Waals surface area (Å²) >= 11 is -1.28. The Morgan fingerprint density at radius 3 is 2.65 bits per heavy atom. The van der Waals surface area contributed by atoms with E-state index in [0.717, 1.165) is 30.7 Å². The lowest BCUT2D eigenvalue weighted by Crippen LogP contribution is -2.31. The van der Waals surface area contributed by atoms with E-state index in [9.17, 15) is 9.35 Å². The van der Waals surface area contributed by atoms with E-state index in [2.05, 4.69) is 4.40 Å². The van der Waals surface area contributed by atoms with Crippen molar-refractivity contribution in [3.8, 4) is 0 Å². The Balaban J connectivity index is 1.74. The van der Waals surface area contributed by atoms with E-state index in [1.54, 1.807) is 0 Å². The molecule has 1 heterocycles. The lowest BCUT2D eigenvalue weighted by atomic mass is 9.99. The third-order valence-corrected chi connectivity index (χ3v) is 6.02. The van der Waals surface area contributed by atoms with Gasteiger partial charge in [0.2, 0.25) is 5.91 Å². The van der Waals surface area contributed by atoms with Crippen molar-refractivity contribution in [1.29, 1.82) is 0 Å². The fourth-order valence-electron chi connectivity index (χ4n) is 3.33. The monoisotopic (exact) mass is 332 g/mol. The van der Waals surface area contributed by atoms with Crippen molar-refractivity contribution in [2.75, 3.05) is 6.54 Å². The molecule has 0 bridgehead atoms. The van der Waals surface area contributed by atoms with Gasteiger partial charge in [0, 0.05) is 13.1 Å². The molecule has 0 radical (unpaired) electrons. The minimum atomic E-state index is -1.28.